The van der Waals surface area contributed by atoms with Gasteiger partial charge in [0.1, 0.15) is 5.75 Å². The number of methoxy groups -OCH3 is 1. The minimum absolute atomic E-state index is 0.0224. The Hall–Kier alpha value is -2.82. The van der Waals surface area contributed by atoms with Gasteiger partial charge in [-0.2, -0.15) is 0 Å². The zero-order chi connectivity index (χ0) is 19.1. The number of likely N-dealkylation sites (tertiary alicyclic amines) is 1. The molecule has 27 heavy (non-hydrogen) atoms. The van der Waals surface area contributed by atoms with E-state index in [9.17, 15) is 9.59 Å². The van der Waals surface area contributed by atoms with E-state index in [2.05, 4.69) is 5.32 Å². The number of benzene rings is 2. The molecule has 1 saturated heterocycles. The third-order valence-corrected chi connectivity index (χ3v) is 4.93. The first-order valence-corrected chi connectivity index (χ1v) is 9.38. The van der Waals surface area contributed by atoms with Crippen molar-refractivity contribution in [1.29, 1.82) is 0 Å². The number of amides is 2. The first kappa shape index (κ1) is 19.0. The molecule has 5 heteroatoms. The van der Waals surface area contributed by atoms with Crippen molar-refractivity contribution in [3.63, 3.8) is 0 Å². The summed E-state index contributed by atoms with van der Waals surface area (Å²) in [4.78, 5) is 26.6. The monoisotopic (exact) mass is 366 g/mol. The van der Waals surface area contributed by atoms with Crippen LogP contribution in [0, 0.1) is 0 Å². The van der Waals surface area contributed by atoms with E-state index in [0.29, 0.717) is 25.9 Å². The Morgan fingerprint density at radius 1 is 0.963 bits per heavy atom. The third kappa shape index (κ3) is 5.58. The largest absolute Gasteiger partial charge is 0.497 e. The topological polar surface area (TPSA) is 58.6 Å². The zero-order valence-electron chi connectivity index (χ0n) is 15.7. The predicted molar refractivity (Wildman–Crippen MR) is 105 cm³/mol. The van der Waals surface area contributed by atoms with E-state index in [1.165, 1.54) is 0 Å². The van der Waals surface area contributed by atoms with Crippen molar-refractivity contribution in [2.24, 2.45) is 0 Å². The molecule has 0 saturated carbocycles. The molecular formula is C22H26N2O3. The molecule has 0 aromatic heterocycles. The minimum Gasteiger partial charge on any atom is -0.497 e. The Balaban J connectivity index is 1.42. The van der Waals surface area contributed by atoms with Gasteiger partial charge in [0.25, 0.3) is 0 Å². The zero-order valence-corrected chi connectivity index (χ0v) is 15.7. The number of carbonyl (C=O) groups excluding carboxylic acids is 2. The molecule has 1 N–H and O–H groups in total. The Labute approximate surface area is 160 Å². The van der Waals surface area contributed by atoms with Gasteiger partial charge in [-0.25, -0.2) is 0 Å². The van der Waals surface area contributed by atoms with Gasteiger partial charge in [0.2, 0.25) is 11.8 Å². The Kier molecular flexibility index (Phi) is 6.47. The van der Waals surface area contributed by atoms with Crippen molar-refractivity contribution in [2.45, 2.75) is 31.7 Å². The van der Waals surface area contributed by atoms with Crippen molar-refractivity contribution in [1.82, 2.24) is 10.2 Å². The highest BCUT2D eigenvalue weighted by Crippen LogP contribution is 2.14. The van der Waals surface area contributed by atoms with Crippen LogP contribution in [-0.4, -0.2) is 43.0 Å². The molecule has 1 aliphatic rings. The van der Waals surface area contributed by atoms with Gasteiger partial charge >= 0.3 is 0 Å². The van der Waals surface area contributed by atoms with Crippen LogP contribution in [-0.2, 0) is 22.4 Å². The molecule has 2 aromatic rings. The molecule has 0 radical (unpaired) electrons. The smallest absolute Gasteiger partial charge is 0.226 e. The van der Waals surface area contributed by atoms with Crippen LogP contribution in [0.1, 0.15) is 24.0 Å². The Morgan fingerprint density at radius 2 is 1.59 bits per heavy atom. The van der Waals surface area contributed by atoms with Crippen LogP contribution < -0.4 is 10.1 Å². The molecule has 0 bridgehead atoms. The number of hydrogen-bond donors (Lipinski definition) is 1. The highest BCUT2D eigenvalue weighted by atomic mass is 16.5. The van der Waals surface area contributed by atoms with Crippen LogP contribution in [0.4, 0.5) is 0 Å². The summed E-state index contributed by atoms with van der Waals surface area (Å²) < 4.78 is 5.13. The minimum atomic E-state index is 0.0224. The van der Waals surface area contributed by atoms with Crippen LogP contribution in [0.5, 0.6) is 5.75 Å². The van der Waals surface area contributed by atoms with Crippen molar-refractivity contribution >= 4 is 11.8 Å². The lowest BCUT2D eigenvalue weighted by Gasteiger charge is -2.32. The molecule has 2 aromatic carbocycles. The molecule has 0 spiro atoms. The number of nitrogens with zero attached hydrogens (tertiary/aromatic N) is 1. The van der Waals surface area contributed by atoms with Crippen molar-refractivity contribution in [3.8, 4) is 5.75 Å². The second-order valence-corrected chi connectivity index (χ2v) is 6.91. The SMILES string of the molecule is COc1ccc(CC(=O)NC2CCN(C(=O)Cc3ccccc3)CC2)cc1. The van der Waals surface area contributed by atoms with E-state index in [-0.39, 0.29) is 17.9 Å². The number of carbonyl (C=O) groups is 2. The number of ether oxygens (including phenoxy) is 1. The van der Waals surface area contributed by atoms with Crippen LogP contribution in [0.15, 0.2) is 54.6 Å². The second kappa shape index (κ2) is 9.21. The van der Waals surface area contributed by atoms with E-state index in [0.717, 1.165) is 29.7 Å². The molecular weight excluding hydrogens is 340 g/mol. The van der Waals surface area contributed by atoms with E-state index in [1.54, 1.807) is 7.11 Å². The molecule has 1 aliphatic heterocycles. The maximum atomic E-state index is 12.4. The summed E-state index contributed by atoms with van der Waals surface area (Å²) in [6.45, 7) is 1.39. The van der Waals surface area contributed by atoms with Crippen LogP contribution >= 0.6 is 0 Å². The molecule has 142 valence electrons. The van der Waals surface area contributed by atoms with Crippen LogP contribution in [0.3, 0.4) is 0 Å². The predicted octanol–water partition coefficient (Wildman–Crippen LogP) is 2.59. The fourth-order valence-electron chi connectivity index (χ4n) is 3.36. The van der Waals surface area contributed by atoms with Crippen LogP contribution in [0.2, 0.25) is 0 Å². The summed E-state index contributed by atoms with van der Waals surface area (Å²) in [5.41, 5.74) is 2.00. The number of rotatable bonds is 6. The molecule has 1 fully saturated rings. The van der Waals surface area contributed by atoms with E-state index >= 15 is 0 Å². The fraction of sp³-hybridized carbons (Fsp3) is 0.364. The molecule has 0 aliphatic carbocycles. The van der Waals surface area contributed by atoms with Gasteiger partial charge in [0, 0.05) is 19.1 Å². The van der Waals surface area contributed by atoms with Gasteiger partial charge in [0.05, 0.1) is 20.0 Å². The Morgan fingerprint density at radius 3 is 2.22 bits per heavy atom. The first-order chi connectivity index (χ1) is 13.1. The molecule has 3 rings (SSSR count). The first-order valence-electron chi connectivity index (χ1n) is 9.38. The average Bonchev–Trinajstić information content (AvgIpc) is 2.70. The number of nitrogens with one attached hydrogen (secondary N) is 1. The lowest BCUT2D eigenvalue weighted by molar-refractivity contribution is -0.131. The Bertz CT molecular complexity index is 751. The van der Waals surface area contributed by atoms with E-state index < -0.39 is 0 Å². The summed E-state index contributed by atoms with van der Waals surface area (Å²) in [6.07, 6.45) is 2.40. The summed E-state index contributed by atoms with van der Waals surface area (Å²) in [6, 6.07) is 17.5. The van der Waals surface area contributed by atoms with Crippen LogP contribution in [0.25, 0.3) is 0 Å². The van der Waals surface area contributed by atoms with Crippen molar-refractivity contribution in [3.05, 3.63) is 65.7 Å². The highest BCUT2D eigenvalue weighted by Gasteiger charge is 2.23. The van der Waals surface area contributed by atoms with Crippen molar-refractivity contribution < 1.29 is 14.3 Å². The van der Waals surface area contributed by atoms with Gasteiger partial charge in [-0.05, 0) is 36.1 Å². The lowest BCUT2D eigenvalue weighted by Crippen LogP contribution is -2.47. The quantitative estimate of drug-likeness (QED) is 0.855. The van der Waals surface area contributed by atoms with Gasteiger partial charge in [-0.1, -0.05) is 42.5 Å². The normalized spacial score (nSPS) is 14.6. The van der Waals surface area contributed by atoms with E-state index in [4.69, 9.17) is 4.74 Å². The lowest BCUT2D eigenvalue weighted by atomic mass is 10.0. The molecule has 0 unspecified atom stereocenters. The summed E-state index contributed by atoms with van der Waals surface area (Å²) in [7, 11) is 1.62. The van der Waals surface area contributed by atoms with Gasteiger partial charge in [0.15, 0.2) is 0 Å². The summed E-state index contributed by atoms with van der Waals surface area (Å²) in [5.74, 6) is 0.963. The highest BCUT2D eigenvalue weighted by molar-refractivity contribution is 5.80. The number of piperidine rings is 1. The summed E-state index contributed by atoms with van der Waals surface area (Å²) >= 11 is 0. The molecule has 2 amide bonds. The van der Waals surface area contributed by atoms with E-state index in [1.807, 2.05) is 59.5 Å². The van der Waals surface area contributed by atoms with Gasteiger partial charge in [-0.3, -0.25) is 9.59 Å². The maximum Gasteiger partial charge on any atom is 0.226 e. The standard InChI is InChI=1S/C22H26N2O3/c1-27-20-9-7-18(8-10-20)15-21(25)23-19-11-13-24(14-12-19)22(26)16-17-5-3-2-4-6-17/h2-10,19H,11-16H2,1H3,(H,23,25). The average molecular weight is 366 g/mol. The van der Waals surface area contributed by atoms with Crippen molar-refractivity contribution in [2.75, 3.05) is 20.2 Å². The molecule has 5 nitrogen and oxygen atoms in total. The van der Waals surface area contributed by atoms with Gasteiger partial charge < -0.3 is 15.0 Å². The molecule has 1 heterocycles. The third-order valence-electron chi connectivity index (χ3n) is 4.93. The number of hydrogen-bond acceptors (Lipinski definition) is 3. The maximum absolute atomic E-state index is 12.4. The fourth-order valence-corrected chi connectivity index (χ4v) is 3.36. The molecule has 0 atom stereocenters. The summed E-state index contributed by atoms with van der Waals surface area (Å²) in [5, 5.41) is 3.10. The van der Waals surface area contributed by atoms with Gasteiger partial charge in [-0.15, -0.1) is 0 Å². The second-order valence-electron chi connectivity index (χ2n) is 6.91.